The lowest BCUT2D eigenvalue weighted by molar-refractivity contribution is 0.0823. The number of nitrogens with zero attached hydrogens (tertiary/aromatic N) is 2. The third-order valence-corrected chi connectivity index (χ3v) is 4.63. The van der Waals surface area contributed by atoms with Gasteiger partial charge in [-0.25, -0.2) is 15.1 Å². The van der Waals surface area contributed by atoms with Gasteiger partial charge in [-0.2, -0.15) is 0 Å². The molecule has 0 fully saturated rings. The number of hydrogen-bond acceptors (Lipinski definition) is 5. The summed E-state index contributed by atoms with van der Waals surface area (Å²) >= 11 is 0. The van der Waals surface area contributed by atoms with Gasteiger partial charge in [0.15, 0.2) is 0 Å². The van der Waals surface area contributed by atoms with E-state index >= 15 is 0 Å². The monoisotopic (exact) mass is 389 g/mol. The molecule has 1 radical (unpaired) electrons. The fraction of sp³-hybridized carbons (Fsp3) is 0.217. The molecule has 0 bridgehead atoms. The highest BCUT2D eigenvalue weighted by Crippen LogP contribution is 2.43. The van der Waals surface area contributed by atoms with Gasteiger partial charge in [0.25, 0.3) is 0 Å². The van der Waals surface area contributed by atoms with Crippen LogP contribution < -0.4 is 9.47 Å². The van der Waals surface area contributed by atoms with Crippen LogP contribution in [-0.2, 0) is 5.11 Å². The van der Waals surface area contributed by atoms with E-state index in [1.807, 2.05) is 54.6 Å². The standard InChI is InChI=1S/C23H21N2O4/c1-15(26)12-13-28-22-20-19(16-8-10-18(27-2)11-9-16)21(17-6-4-3-5-7-17)29-23(20)25-14-24-22/h3-11,14-15H,12-13H2,1-2H3. The van der Waals surface area contributed by atoms with Crippen LogP contribution in [0.25, 0.3) is 33.6 Å². The topological polar surface area (TPSA) is 77.3 Å². The highest BCUT2D eigenvalue weighted by atomic mass is 16.5. The van der Waals surface area contributed by atoms with Crippen LogP contribution in [0.4, 0.5) is 0 Å². The molecule has 147 valence electrons. The quantitative estimate of drug-likeness (QED) is 0.437. The molecule has 2 aromatic carbocycles. The van der Waals surface area contributed by atoms with Gasteiger partial charge in [-0.15, -0.1) is 0 Å². The van der Waals surface area contributed by atoms with E-state index < -0.39 is 6.10 Å². The number of aromatic nitrogens is 2. The van der Waals surface area contributed by atoms with E-state index in [0.29, 0.717) is 29.2 Å². The lowest BCUT2D eigenvalue weighted by Gasteiger charge is -2.09. The van der Waals surface area contributed by atoms with Crippen molar-refractivity contribution in [2.45, 2.75) is 19.4 Å². The van der Waals surface area contributed by atoms with E-state index in [0.717, 1.165) is 22.4 Å². The summed E-state index contributed by atoms with van der Waals surface area (Å²) in [5.74, 6) is 1.86. The van der Waals surface area contributed by atoms with Crippen molar-refractivity contribution in [3.63, 3.8) is 0 Å². The molecule has 2 heterocycles. The average Bonchev–Trinajstić information content (AvgIpc) is 3.15. The maximum Gasteiger partial charge on any atom is 0.234 e. The fourth-order valence-corrected chi connectivity index (χ4v) is 3.16. The molecule has 0 saturated heterocycles. The summed E-state index contributed by atoms with van der Waals surface area (Å²) in [6.07, 6.45) is 1.11. The molecule has 1 atom stereocenters. The molecular weight excluding hydrogens is 368 g/mol. The first kappa shape index (κ1) is 19.0. The van der Waals surface area contributed by atoms with Crippen LogP contribution in [0.1, 0.15) is 13.3 Å². The molecule has 0 amide bonds. The maximum atomic E-state index is 11.4. The molecule has 0 N–H and O–H groups in total. The Bertz CT molecular complexity index is 1090. The Morgan fingerprint density at radius 1 is 1.00 bits per heavy atom. The van der Waals surface area contributed by atoms with E-state index in [4.69, 9.17) is 13.9 Å². The van der Waals surface area contributed by atoms with Gasteiger partial charge in [0.2, 0.25) is 11.6 Å². The van der Waals surface area contributed by atoms with Crippen molar-refractivity contribution in [3.8, 4) is 34.1 Å². The molecule has 0 spiro atoms. The summed E-state index contributed by atoms with van der Waals surface area (Å²) in [7, 11) is 1.63. The largest absolute Gasteiger partial charge is 0.497 e. The van der Waals surface area contributed by atoms with Crippen LogP contribution in [-0.4, -0.2) is 29.8 Å². The molecule has 1 unspecified atom stereocenters. The molecule has 6 nitrogen and oxygen atoms in total. The minimum absolute atomic E-state index is 0.282. The van der Waals surface area contributed by atoms with Crippen LogP contribution in [0.15, 0.2) is 65.3 Å². The lowest BCUT2D eigenvalue weighted by Crippen LogP contribution is -2.07. The van der Waals surface area contributed by atoms with Crippen molar-refractivity contribution in [1.29, 1.82) is 0 Å². The van der Waals surface area contributed by atoms with Crippen LogP contribution in [0, 0.1) is 0 Å². The molecule has 0 aliphatic heterocycles. The van der Waals surface area contributed by atoms with E-state index in [9.17, 15) is 5.11 Å². The van der Waals surface area contributed by atoms with Crippen molar-refractivity contribution in [2.24, 2.45) is 0 Å². The van der Waals surface area contributed by atoms with Crippen LogP contribution in [0.3, 0.4) is 0 Å². The zero-order chi connectivity index (χ0) is 20.2. The number of fused-ring (bicyclic) bond motifs is 1. The zero-order valence-corrected chi connectivity index (χ0v) is 16.3. The predicted molar refractivity (Wildman–Crippen MR) is 109 cm³/mol. The molecule has 2 aromatic heterocycles. The Balaban J connectivity index is 1.90. The third kappa shape index (κ3) is 3.93. The minimum Gasteiger partial charge on any atom is -0.497 e. The number of rotatable bonds is 7. The van der Waals surface area contributed by atoms with Gasteiger partial charge >= 0.3 is 0 Å². The van der Waals surface area contributed by atoms with Crippen LogP contribution >= 0.6 is 0 Å². The summed E-state index contributed by atoms with van der Waals surface area (Å²) in [6, 6.07) is 17.6. The number of ether oxygens (including phenoxy) is 2. The summed E-state index contributed by atoms with van der Waals surface area (Å²) < 4.78 is 17.3. The van der Waals surface area contributed by atoms with Gasteiger partial charge in [0.05, 0.1) is 19.8 Å². The molecule has 0 aliphatic rings. The first-order valence-electron chi connectivity index (χ1n) is 9.43. The highest BCUT2D eigenvalue weighted by Gasteiger charge is 2.23. The van der Waals surface area contributed by atoms with Crippen LogP contribution in [0.5, 0.6) is 11.6 Å². The Morgan fingerprint density at radius 3 is 2.45 bits per heavy atom. The van der Waals surface area contributed by atoms with Crippen molar-refractivity contribution in [1.82, 2.24) is 9.97 Å². The molecular formula is C23H21N2O4. The smallest absolute Gasteiger partial charge is 0.234 e. The van der Waals surface area contributed by atoms with Gasteiger partial charge in [-0.05, 0) is 24.6 Å². The predicted octanol–water partition coefficient (Wildman–Crippen LogP) is 5.15. The first-order valence-corrected chi connectivity index (χ1v) is 9.43. The van der Waals surface area contributed by atoms with Gasteiger partial charge in [-0.3, -0.25) is 0 Å². The van der Waals surface area contributed by atoms with Crippen molar-refractivity contribution < 1.29 is 19.0 Å². The van der Waals surface area contributed by atoms with Gasteiger partial charge in [0.1, 0.15) is 23.2 Å². The summed E-state index contributed by atoms with van der Waals surface area (Å²) in [4.78, 5) is 8.62. The molecule has 0 aliphatic carbocycles. The number of benzene rings is 2. The Hall–Kier alpha value is -3.38. The summed E-state index contributed by atoms with van der Waals surface area (Å²) in [5.41, 5.74) is 3.14. The van der Waals surface area contributed by atoms with Gasteiger partial charge in [-0.1, -0.05) is 42.5 Å². The van der Waals surface area contributed by atoms with E-state index in [2.05, 4.69) is 9.97 Å². The molecule has 4 rings (SSSR count). The Kier molecular flexibility index (Phi) is 5.44. The van der Waals surface area contributed by atoms with Crippen molar-refractivity contribution in [2.75, 3.05) is 13.7 Å². The summed E-state index contributed by atoms with van der Waals surface area (Å²) in [5, 5.41) is 12.1. The molecule has 29 heavy (non-hydrogen) atoms. The third-order valence-electron chi connectivity index (χ3n) is 4.63. The Labute approximate surface area is 168 Å². The zero-order valence-electron chi connectivity index (χ0n) is 16.3. The van der Waals surface area contributed by atoms with Gasteiger partial charge in [0, 0.05) is 17.5 Å². The molecule has 6 heteroatoms. The normalized spacial score (nSPS) is 12.1. The lowest BCUT2D eigenvalue weighted by atomic mass is 9.99. The van der Waals surface area contributed by atoms with Crippen LogP contribution in [0.2, 0.25) is 0 Å². The summed E-state index contributed by atoms with van der Waals surface area (Å²) in [6.45, 7) is 1.90. The Morgan fingerprint density at radius 2 is 1.76 bits per heavy atom. The minimum atomic E-state index is -0.697. The second-order valence-electron chi connectivity index (χ2n) is 6.71. The fourth-order valence-electron chi connectivity index (χ4n) is 3.16. The number of hydrogen-bond donors (Lipinski definition) is 0. The maximum absolute atomic E-state index is 11.4. The number of furan rings is 1. The molecule has 4 aromatic rings. The SMILES string of the molecule is COc1ccc(-c2c(-c3ccccc3)oc3ncnc(OCCC(C)[O])c23)cc1. The van der Waals surface area contributed by atoms with E-state index in [1.54, 1.807) is 14.0 Å². The first-order chi connectivity index (χ1) is 14.2. The average molecular weight is 389 g/mol. The highest BCUT2D eigenvalue weighted by molar-refractivity contribution is 6.03. The molecule has 0 saturated carbocycles. The second-order valence-corrected chi connectivity index (χ2v) is 6.71. The second kappa shape index (κ2) is 8.32. The van der Waals surface area contributed by atoms with E-state index in [-0.39, 0.29) is 6.61 Å². The van der Waals surface area contributed by atoms with Gasteiger partial charge < -0.3 is 13.9 Å². The van der Waals surface area contributed by atoms with Crippen molar-refractivity contribution in [3.05, 3.63) is 60.9 Å². The number of methoxy groups -OCH3 is 1. The van der Waals surface area contributed by atoms with Crippen molar-refractivity contribution >= 4 is 11.1 Å². The van der Waals surface area contributed by atoms with E-state index in [1.165, 1.54) is 6.33 Å².